The predicted octanol–water partition coefficient (Wildman–Crippen LogP) is 1.80. The second-order valence-corrected chi connectivity index (χ2v) is 6.31. The molecule has 1 unspecified atom stereocenters. The fourth-order valence-corrected chi connectivity index (χ4v) is 3.17. The lowest BCUT2D eigenvalue weighted by molar-refractivity contribution is -0.143. The van der Waals surface area contributed by atoms with E-state index >= 15 is 0 Å². The van der Waals surface area contributed by atoms with Gasteiger partial charge in [0.15, 0.2) is 0 Å². The van der Waals surface area contributed by atoms with Crippen molar-refractivity contribution >= 4 is 17.5 Å². The highest BCUT2D eigenvalue weighted by atomic mass is 19.4. The van der Waals surface area contributed by atoms with E-state index in [1.807, 2.05) is 0 Å². The molecule has 130 valence electrons. The first-order valence-electron chi connectivity index (χ1n) is 7.80. The molecule has 3 rings (SSSR count). The van der Waals surface area contributed by atoms with Crippen molar-refractivity contribution in [3.05, 3.63) is 29.3 Å². The van der Waals surface area contributed by atoms with Crippen LogP contribution in [-0.4, -0.2) is 49.1 Å². The summed E-state index contributed by atoms with van der Waals surface area (Å²) in [5.41, 5.74) is 1.93. The van der Waals surface area contributed by atoms with Crippen LogP contribution in [0.2, 0.25) is 0 Å². The van der Waals surface area contributed by atoms with Crippen LogP contribution in [0.5, 0.6) is 0 Å². The summed E-state index contributed by atoms with van der Waals surface area (Å²) in [5.74, 6) is -0.364. The minimum absolute atomic E-state index is 0.0189. The third-order valence-electron chi connectivity index (χ3n) is 4.32. The number of alkyl halides is 3. The van der Waals surface area contributed by atoms with E-state index in [9.17, 15) is 22.8 Å². The Morgan fingerprint density at radius 2 is 2.17 bits per heavy atom. The summed E-state index contributed by atoms with van der Waals surface area (Å²) < 4.78 is 37.1. The summed E-state index contributed by atoms with van der Waals surface area (Å²) in [7, 11) is 0. The van der Waals surface area contributed by atoms with Crippen LogP contribution in [0.4, 0.5) is 18.9 Å². The first-order valence-corrected chi connectivity index (χ1v) is 7.80. The zero-order chi connectivity index (χ0) is 17.3. The maximum absolute atomic E-state index is 12.4. The van der Waals surface area contributed by atoms with Gasteiger partial charge in [0.05, 0.1) is 13.0 Å². The standard InChI is InChI=1S/C16H18F3N3O2/c17-16(18,19)9-22-4-3-10(8-22)7-20-15(24)12-2-1-11-6-14(23)21-13(11)5-12/h1-2,5,10H,3-4,6-9H2,(H,20,24)(H,21,23). The van der Waals surface area contributed by atoms with E-state index in [0.717, 1.165) is 5.56 Å². The maximum Gasteiger partial charge on any atom is 0.401 e. The molecule has 2 N–H and O–H groups in total. The van der Waals surface area contributed by atoms with Gasteiger partial charge >= 0.3 is 6.18 Å². The van der Waals surface area contributed by atoms with Crippen LogP contribution in [0.25, 0.3) is 0 Å². The Hall–Kier alpha value is -2.09. The van der Waals surface area contributed by atoms with Gasteiger partial charge in [-0.2, -0.15) is 13.2 Å². The van der Waals surface area contributed by atoms with Crippen LogP contribution in [-0.2, 0) is 11.2 Å². The molecule has 1 atom stereocenters. The van der Waals surface area contributed by atoms with Crippen LogP contribution in [0.3, 0.4) is 0 Å². The Morgan fingerprint density at radius 3 is 2.92 bits per heavy atom. The number of hydrogen-bond acceptors (Lipinski definition) is 3. The van der Waals surface area contributed by atoms with Gasteiger partial charge in [0.2, 0.25) is 5.91 Å². The summed E-state index contributed by atoms with van der Waals surface area (Å²) in [6.07, 6.45) is -3.24. The number of nitrogens with one attached hydrogen (secondary N) is 2. The fraction of sp³-hybridized carbons (Fsp3) is 0.500. The van der Waals surface area contributed by atoms with Crippen molar-refractivity contribution in [2.75, 3.05) is 31.5 Å². The van der Waals surface area contributed by atoms with E-state index in [1.165, 1.54) is 4.90 Å². The van der Waals surface area contributed by atoms with Crippen molar-refractivity contribution in [3.63, 3.8) is 0 Å². The fourth-order valence-electron chi connectivity index (χ4n) is 3.17. The number of fused-ring (bicyclic) bond motifs is 1. The van der Waals surface area contributed by atoms with Crippen LogP contribution in [0.1, 0.15) is 22.3 Å². The average Bonchev–Trinajstić information content (AvgIpc) is 3.07. The number of likely N-dealkylation sites (tertiary alicyclic amines) is 1. The molecular formula is C16H18F3N3O2. The third kappa shape index (κ3) is 4.05. The number of carbonyl (C=O) groups is 2. The lowest BCUT2D eigenvalue weighted by atomic mass is 10.1. The van der Waals surface area contributed by atoms with E-state index in [0.29, 0.717) is 43.7 Å². The molecule has 0 aromatic heterocycles. The van der Waals surface area contributed by atoms with Crippen LogP contribution in [0, 0.1) is 5.92 Å². The molecule has 2 aliphatic rings. The molecular weight excluding hydrogens is 323 g/mol. The normalized spacial score (nSPS) is 20.8. The quantitative estimate of drug-likeness (QED) is 0.878. The third-order valence-corrected chi connectivity index (χ3v) is 4.32. The Morgan fingerprint density at radius 1 is 1.38 bits per heavy atom. The van der Waals surface area contributed by atoms with Crippen LogP contribution < -0.4 is 10.6 Å². The molecule has 2 aliphatic heterocycles. The molecule has 1 aromatic rings. The Balaban J connectivity index is 1.50. The van der Waals surface area contributed by atoms with E-state index in [4.69, 9.17) is 0 Å². The summed E-state index contributed by atoms with van der Waals surface area (Å²) in [4.78, 5) is 24.9. The van der Waals surface area contributed by atoms with E-state index in [-0.39, 0.29) is 17.7 Å². The molecule has 0 bridgehead atoms. The number of rotatable bonds is 4. The number of nitrogens with zero attached hydrogens (tertiary/aromatic N) is 1. The highest BCUT2D eigenvalue weighted by Gasteiger charge is 2.34. The van der Waals surface area contributed by atoms with Gasteiger partial charge in [-0.05, 0) is 36.6 Å². The molecule has 1 fully saturated rings. The number of anilines is 1. The molecule has 0 spiro atoms. The SMILES string of the molecule is O=C1Cc2ccc(C(=O)NCC3CCN(CC(F)(F)F)C3)cc2N1. The Kier molecular flexibility index (Phi) is 4.49. The number of benzene rings is 1. The van der Waals surface area contributed by atoms with E-state index < -0.39 is 12.7 Å². The van der Waals surface area contributed by atoms with Crippen LogP contribution >= 0.6 is 0 Å². The molecule has 5 nitrogen and oxygen atoms in total. The zero-order valence-electron chi connectivity index (χ0n) is 12.9. The first-order chi connectivity index (χ1) is 11.3. The zero-order valence-corrected chi connectivity index (χ0v) is 12.9. The Labute approximate surface area is 137 Å². The van der Waals surface area contributed by atoms with Gasteiger partial charge in [-0.15, -0.1) is 0 Å². The van der Waals surface area contributed by atoms with Crippen molar-refractivity contribution in [2.45, 2.75) is 19.0 Å². The monoisotopic (exact) mass is 341 g/mol. The number of hydrogen-bond donors (Lipinski definition) is 2. The maximum atomic E-state index is 12.4. The molecule has 2 heterocycles. The Bertz CT molecular complexity index is 660. The summed E-state index contributed by atoms with van der Waals surface area (Å²) >= 11 is 0. The van der Waals surface area contributed by atoms with Gasteiger partial charge in [0, 0.05) is 24.3 Å². The smallest absolute Gasteiger partial charge is 0.352 e. The van der Waals surface area contributed by atoms with Gasteiger partial charge in [-0.25, -0.2) is 0 Å². The molecule has 0 radical (unpaired) electrons. The van der Waals surface area contributed by atoms with Crippen molar-refractivity contribution in [3.8, 4) is 0 Å². The molecule has 0 saturated carbocycles. The van der Waals surface area contributed by atoms with Gasteiger partial charge in [0.25, 0.3) is 5.91 Å². The highest BCUT2D eigenvalue weighted by molar-refractivity contribution is 6.02. The molecule has 1 aromatic carbocycles. The topological polar surface area (TPSA) is 61.4 Å². The number of halogens is 3. The van der Waals surface area contributed by atoms with Crippen molar-refractivity contribution in [1.29, 1.82) is 0 Å². The van der Waals surface area contributed by atoms with Crippen LogP contribution in [0.15, 0.2) is 18.2 Å². The van der Waals surface area contributed by atoms with Gasteiger partial charge in [-0.1, -0.05) is 6.07 Å². The number of amides is 2. The minimum atomic E-state index is -4.19. The minimum Gasteiger partial charge on any atom is -0.352 e. The number of carbonyl (C=O) groups excluding carboxylic acids is 2. The molecule has 0 aliphatic carbocycles. The van der Waals surface area contributed by atoms with E-state index in [1.54, 1.807) is 18.2 Å². The average molecular weight is 341 g/mol. The van der Waals surface area contributed by atoms with Gasteiger partial charge < -0.3 is 10.6 Å². The first kappa shape index (κ1) is 16.8. The van der Waals surface area contributed by atoms with Gasteiger partial charge in [0.1, 0.15) is 0 Å². The van der Waals surface area contributed by atoms with E-state index in [2.05, 4.69) is 10.6 Å². The largest absolute Gasteiger partial charge is 0.401 e. The molecule has 24 heavy (non-hydrogen) atoms. The van der Waals surface area contributed by atoms with Crippen molar-refractivity contribution in [1.82, 2.24) is 10.2 Å². The lowest BCUT2D eigenvalue weighted by Crippen LogP contribution is -2.34. The second kappa shape index (κ2) is 6.43. The summed E-state index contributed by atoms with van der Waals surface area (Å²) in [6, 6.07) is 5.02. The lowest BCUT2D eigenvalue weighted by Gasteiger charge is -2.18. The van der Waals surface area contributed by atoms with Crippen molar-refractivity contribution < 1.29 is 22.8 Å². The summed E-state index contributed by atoms with van der Waals surface area (Å²) in [5, 5.41) is 5.45. The van der Waals surface area contributed by atoms with Crippen molar-refractivity contribution in [2.24, 2.45) is 5.92 Å². The second-order valence-electron chi connectivity index (χ2n) is 6.31. The molecule has 1 saturated heterocycles. The highest BCUT2D eigenvalue weighted by Crippen LogP contribution is 2.25. The van der Waals surface area contributed by atoms with Gasteiger partial charge in [-0.3, -0.25) is 14.5 Å². The summed E-state index contributed by atoms with van der Waals surface area (Å²) in [6.45, 7) is 0.170. The predicted molar refractivity (Wildman–Crippen MR) is 81.7 cm³/mol. The molecule has 8 heteroatoms. The molecule has 2 amide bonds.